The molecule has 0 aliphatic heterocycles. The lowest BCUT2D eigenvalue weighted by atomic mass is 10.0. The van der Waals surface area contributed by atoms with E-state index in [1.165, 1.54) is 6.07 Å². The van der Waals surface area contributed by atoms with Gasteiger partial charge in [0, 0.05) is 23.9 Å². The number of carbonyl (C=O) groups excluding carboxylic acids is 1. The second-order valence-corrected chi connectivity index (χ2v) is 4.58. The molecular formula is C13H20N2O3. The van der Waals surface area contributed by atoms with Crippen molar-refractivity contribution in [1.29, 1.82) is 0 Å². The fourth-order valence-corrected chi connectivity index (χ4v) is 1.59. The first-order valence-corrected chi connectivity index (χ1v) is 6.11. The van der Waals surface area contributed by atoms with Crippen LogP contribution in [0, 0.1) is 12.8 Å². The van der Waals surface area contributed by atoms with E-state index in [9.17, 15) is 14.7 Å². The Kier molecular flexibility index (Phi) is 5.09. The number of H-pyrrole nitrogens is 1. The number of rotatable bonds is 5. The average molecular weight is 252 g/mol. The maximum atomic E-state index is 11.8. The maximum Gasteiger partial charge on any atom is 0.251 e. The second-order valence-electron chi connectivity index (χ2n) is 4.58. The summed E-state index contributed by atoms with van der Waals surface area (Å²) in [4.78, 5) is 25.6. The van der Waals surface area contributed by atoms with E-state index in [2.05, 4.69) is 10.3 Å². The number of aromatic amines is 1. The summed E-state index contributed by atoms with van der Waals surface area (Å²) in [5.74, 6) is -0.210. The Morgan fingerprint density at radius 1 is 1.50 bits per heavy atom. The summed E-state index contributed by atoms with van der Waals surface area (Å²) >= 11 is 0. The van der Waals surface area contributed by atoms with Crippen molar-refractivity contribution >= 4 is 5.91 Å². The number of nitrogens with one attached hydrogen (secondary N) is 2. The van der Waals surface area contributed by atoms with E-state index in [0.717, 1.165) is 6.42 Å². The minimum absolute atomic E-state index is 0.131. The zero-order valence-corrected chi connectivity index (χ0v) is 11.0. The number of hydrogen-bond acceptors (Lipinski definition) is 3. The average Bonchev–Trinajstić information content (AvgIpc) is 2.33. The Hall–Kier alpha value is -1.62. The first-order chi connectivity index (χ1) is 8.43. The molecule has 2 unspecified atom stereocenters. The van der Waals surface area contributed by atoms with Gasteiger partial charge < -0.3 is 15.4 Å². The van der Waals surface area contributed by atoms with E-state index in [4.69, 9.17) is 0 Å². The van der Waals surface area contributed by atoms with Crippen LogP contribution in [-0.4, -0.2) is 28.6 Å². The van der Waals surface area contributed by atoms with Crippen LogP contribution in [0.25, 0.3) is 0 Å². The van der Waals surface area contributed by atoms with E-state index in [-0.39, 0.29) is 23.9 Å². The molecule has 0 aliphatic rings. The molecule has 5 heteroatoms. The third kappa shape index (κ3) is 4.00. The van der Waals surface area contributed by atoms with Gasteiger partial charge in [-0.15, -0.1) is 0 Å². The fraction of sp³-hybridized carbons (Fsp3) is 0.538. The van der Waals surface area contributed by atoms with Crippen LogP contribution in [0.5, 0.6) is 0 Å². The molecule has 1 aromatic rings. The minimum Gasteiger partial charge on any atom is -0.391 e. The number of aliphatic hydroxyl groups excluding tert-OH is 1. The maximum absolute atomic E-state index is 11.8. The van der Waals surface area contributed by atoms with Gasteiger partial charge in [-0.25, -0.2) is 0 Å². The number of pyridine rings is 1. The summed E-state index contributed by atoms with van der Waals surface area (Å²) < 4.78 is 0. The van der Waals surface area contributed by atoms with Gasteiger partial charge in [0.05, 0.1) is 6.10 Å². The molecule has 0 fully saturated rings. The van der Waals surface area contributed by atoms with E-state index in [0.29, 0.717) is 11.3 Å². The molecule has 0 aliphatic carbocycles. The standard InChI is InChI=1S/C13H20N2O3/c1-4-8(2)11(16)7-14-13(18)10-5-9(3)15-12(17)6-10/h5-6,8,11,16H,4,7H2,1-3H3,(H,14,18)(H,15,17). The van der Waals surface area contributed by atoms with Gasteiger partial charge in [0.1, 0.15) is 0 Å². The highest BCUT2D eigenvalue weighted by Gasteiger charge is 2.14. The molecule has 2 atom stereocenters. The van der Waals surface area contributed by atoms with Crippen LogP contribution in [-0.2, 0) is 0 Å². The smallest absolute Gasteiger partial charge is 0.251 e. The van der Waals surface area contributed by atoms with E-state index in [1.54, 1.807) is 13.0 Å². The van der Waals surface area contributed by atoms with E-state index >= 15 is 0 Å². The van der Waals surface area contributed by atoms with Crippen molar-refractivity contribution in [2.75, 3.05) is 6.54 Å². The molecule has 18 heavy (non-hydrogen) atoms. The number of aromatic nitrogens is 1. The monoisotopic (exact) mass is 252 g/mol. The lowest BCUT2D eigenvalue weighted by Gasteiger charge is -2.17. The molecule has 0 aromatic carbocycles. The Labute approximate surface area is 106 Å². The molecule has 1 amide bonds. The van der Waals surface area contributed by atoms with Crippen molar-refractivity contribution in [2.45, 2.75) is 33.3 Å². The summed E-state index contributed by atoms with van der Waals surface area (Å²) in [6, 6.07) is 2.85. The molecule has 0 saturated heterocycles. The van der Waals surface area contributed by atoms with Crippen LogP contribution < -0.4 is 10.9 Å². The van der Waals surface area contributed by atoms with Crippen LogP contribution in [0.4, 0.5) is 0 Å². The largest absolute Gasteiger partial charge is 0.391 e. The fourth-order valence-electron chi connectivity index (χ4n) is 1.59. The normalized spacial score (nSPS) is 14.0. The molecular weight excluding hydrogens is 232 g/mol. The van der Waals surface area contributed by atoms with Crippen LogP contribution >= 0.6 is 0 Å². The van der Waals surface area contributed by atoms with Gasteiger partial charge in [-0.1, -0.05) is 20.3 Å². The van der Waals surface area contributed by atoms with Crippen molar-refractivity contribution < 1.29 is 9.90 Å². The summed E-state index contributed by atoms with van der Waals surface area (Å²) in [6.45, 7) is 5.82. The Balaban J connectivity index is 2.63. The lowest BCUT2D eigenvalue weighted by molar-refractivity contribution is 0.0850. The third-order valence-electron chi connectivity index (χ3n) is 3.01. The van der Waals surface area contributed by atoms with Crippen LogP contribution in [0.1, 0.15) is 36.3 Å². The summed E-state index contributed by atoms with van der Waals surface area (Å²) in [7, 11) is 0. The molecule has 0 radical (unpaired) electrons. The molecule has 1 aromatic heterocycles. The SMILES string of the molecule is CCC(C)C(O)CNC(=O)c1cc(C)[nH]c(=O)c1. The molecule has 3 N–H and O–H groups in total. The van der Waals surface area contributed by atoms with Crippen molar-refractivity contribution in [1.82, 2.24) is 10.3 Å². The zero-order valence-electron chi connectivity index (χ0n) is 11.0. The topological polar surface area (TPSA) is 82.2 Å². The summed E-state index contributed by atoms with van der Waals surface area (Å²) in [5.41, 5.74) is 0.644. The predicted octanol–water partition coefficient (Wildman–Crippen LogP) is 0.820. The Bertz CT molecular complexity index is 468. The van der Waals surface area contributed by atoms with Crippen LogP contribution in [0.15, 0.2) is 16.9 Å². The first kappa shape index (κ1) is 14.4. The lowest BCUT2D eigenvalue weighted by Crippen LogP contribution is -2.35. The van der Waals surface area contributed by atoms with Gasteiger partial charge in [-0.2, -0.15) is 0 Å². The van der Waals surface area contributed by atoms with Crippen LogP contribution in [0.2, 0.25) is 0 Å². The molecule has 0 spiro atoms. The van der Waals surface area contributed by atoms with Gasteiger partial charge in [0.15, 0.2) is 0 Å². The second kappa shape index (κ2) is 6.35. The molecule has 1 heterocycles. The number of aliphatic hydroxyl groups is 1. The predicted molar refractivity (Wildman–Crippen MR) is 69.6 cm³/mol. The zero-order chi connectivity index (χ0) is 13.7. The third-order valence-corrected chi connectivity index (χ3v) is 3.01. The summed E-state index contributed by atoms with van der Waals surface area (Å²) in [6.07, 6.45) is 0.281. The number of hydrogen-bond donors (Lipinski definition) is 3. The van der Waals surface area contributed by atoms with E-state index < -0.39 is 6.10 Å². The van der Waals surface area contributed by atoms with Crippen molar-refractivity contribution in [3.63, 3.8) is 0 Å². The van der Waals surface area contributed by atoms with Gasteiger partial charge in [-0.05, 0) is 18.9 Å². The molecule has 100 valence electrons. The highest BCUT2D eigenvalue weighted by atomic mass is 16.3. The highest BCUT2D eigenvalue weighted by Crippen LogP contribution is 2.06. The molecule has 0 saturated carbocycles. The van der Waals surface area contributed by atoms with Gasteiger partial charge in [0.2, 0.25) is 5.56 Å². The summed E-state index contributed by atoms with van der Waals surface area (Å²) in [5, 5.41) is 12.4. The number of carbonyl (C=O) groups is 1. The molecule has 1 rings (SSSR count). The highest BCUT2D eigenvalue weighted by molar-refractivity contribution is 5.94. The Morgan fingerprint density at radius 3 is 2.72 bits per heavy atom. The number of amides is 1. The van der Waals surface area contributed by atoms with Crippen LogP contribution in [0.3, 0.4) is 0 Å². The van der Waals surface area contributed by atoms with Crippen molar-refractivity contribution in [3.8, 4) is 0 Å². The first-order valence-electron chi connectivity index (χ1n) is 6.11. The quantitative estimate of drug-likeness (QED) is 0.725. The van der Waals surface area contributed by atoms with E-state index in [1.807, 2.05) is 13.8 Å². The molecule has 0 bridgehead atoms. The molecule has 5 nitrogen and oxygen atoms in total. The van der Waals surface area contributed by atoms with Gasteiger partial charge in [-0.3, -0.25) is 9.59 Å². The van der Waals surface area contributed by atoms with Gasteiger partial charge in [0.25, 0.3) is 5.91 Å². The minimum atomic E-state index is -0.568. The Morgan fingerprint density at radius 2 is 2.17 bits per heavy atom. The number of aryl methyl sites for hydroxylation is 1. The van der Waals surface area contributed by atoms with Crippen molar-refractivity contribution in [2.24, 2.45) is 5.92 Å². The van der Waals surface area contributed by atoms with Crippen molar-refractivity contribution in [3.05, 3.63) is 33.7 Å². The van der Waals surface area contributed by atoms with Gasteiger partial charge >= 0.3 is 0 Å².